The van der Waals surface area contributed by atoms with Gasteiger partial charge in [-0.1, -0.05) is 54.1 Å². The molecule has 3 N–H and O–H groups in total. The molecule has 0 aliphatic rings. The normalized spacial score (nSPS) is 11.7. The summed E-state index contributed by atoms with van der Waals surface area (Å²) in [6, 6.07) is 20.4. The van der Waals surface area contributed by atoms with E-state index in [-0.39, 0.29) is 17.0 Å². The molecule has 3 rings (SSSR count). The fourth-order valence-electron chi connectivity index (χ4n) is 2.94. The van der Waals surface area contributed by atoms with Crippen LogP contribution in [0, 0.1) is 6.92 Å². The number of aryl methyl sites for hydroxylation is 1. The maximum absolute atomic E-state index is 12.7. The summed E-state index contributed by atoms with van der Waals surface area (Å²) in [5.74, 6) is -1.74. The first-order chi connectivity index (χ1) is 16.6. The van der Waals surface area contributed by atoms with Crippen molar-refractivity contribution >= 4 is 33.6 Å². The minimum Gasteiger partial charge on any atom is -0.449 e. The first-order valence-electron chi connectivity index (χ1n) is 10.7. The van der Waals surface area contributed by atoms with Crippen LogP contribution in [0.4, 0.5) is 10.5 Å². The Kier molecular flexibility index (Phi) is 8.21. The highest BCUT2D eigenvalue weighted by Gasteiger charge is 2.22. The van der Waals surface area contributed by atoms with E-state index in [9.17, 15) is 22.8 Å². The minimum atomic E-state index is -3.96. The van der Waals surface area contributed by atoms with E-state index in [4.69, 9.17) is 4.74 Å². The molecule has 0 saturated heterocycles. The van der Waals surface area contributed by atoms with Crippen LogP contribution in [0.15, 0.2) is 83.8 Å². The number of urea groups is 1. The Morgan fingerprint density at radius 3 is 2.29 bits per heavy atom. The molecule has 0 heterocycles. The SMILES string of the molecule is Cc1ccc(NS(=O)(=O)c2cccc(C(=O)OC(C)C(=O)NC(=O)NCc3ccccc3)c2)cc1. The van der Waals surface area contributed by atoms with E-state index < -0.39 is 34.0 Å². The van der Waals surface area contributed by atoms with Gasteiger partial charge in [0.1, 0.15) is 0 Å². The summed E-state index contributed by atoms with van der Waals surface area (Å²) in [5.41, 5.74) is 2.13. The molecule has 3 amide bonds. The zero-order valence-electron chi connectivity index (χ0n) is 19.1. The predicted octanol–water partition coefficient (Wildman–Crippen LogP) is 3.37. The average Bonchev–Trinajstić information content (AvgIpc) is 2.84. The number of ether oxygens (including phenoxy) is 1. The lowest BCUT2D eigenvalue weighted by Crippen LogP contribution is -2.44. The summed E-state index contributed by atoms with van der Waals surface area (Å²) in [5, 5.41) is 4.63. The van der Waals surface area contributed by atoms with Gasteiger partial charge in [0.25, 0.3) is 15.9 Å². The van der Waals surface area contributed by atoms with Gasteiger partial charge in [0, 0.05) is 12.2 Å². The zero-order chi connectivity index (χ0) is 25.4. The van der Waals surface area contributed by atoms with Crippen molar-refractivity contribution in [1.29, 1.82) is 0 Å². The van der Waals surface area contributed by atoms with E-state index in [0.29, 0.717) is 5.69 Å². The quantitative estimate of drug-likeness (QED) is 0.411. The Hall–Kier alpha value is -4.18. The molecule has 9 nitrogen and oxygen atoms in total. The van der Waals surface area contributed by atoms with Gasteiger partial charge in [-0.3, -0.25) is 14.8 Å². The van der Waals surface area contributed by atoms with Crippen molar-refractivity contribution in [3.05, 3.63) is 95.6 Å². The van der Waals surface area contributed by atoms with Gasteiger partial charge in [0.05, 0.1) is 10.5 Å². The van der Waals surface area contributed by atoms with Gasteiger partial charge >= 0.3 is 12.0 Å². The number of rotatable bonds is 8. The number of carbonyl (C=O) groups excluding carboxylic acids is 3. The molecule has 182 valence electrons. The standard InChI is InChI=1S/C25H25N3O6S/c1-17-11-13-21(14-12-17)28-35(32,33)22-10-6-9-20(15-22)24(30)34-18(2)23(29)27-25(31)26-16-19-7-4-3-5-8-19/h3-15,18,28H,16H2,1-2H3,(H2,26,27,29,31). The van der Waals surface area contributed by atoms with Gasteiger partial charge in [-0.15, -0.1) is 0 Å². The molecule has 10 heteroatoms. The fraction of sp³-hybridized carbons (Fsp3) is 0.160. The Labute approximate surface area is 203 Å². The molecule has 3 aromatic carbocycles. The van der Waals surface area contributed by atoms with Crippen molar-refractivity contribution in [3.8, 4) is 0 Å². The summed E-state index contributed by atoms with van der Waals surface area (Å²) >= 11 is 0. The fourth-order valence-corrected chi connectivity index (χ4v) is 4.05. The third kappa shape index (κ3) is 7.41. The van der Waals surface area contributed by atoms with Crippen LogP contribution in [0.3, 0.4) is 0 Å². The number of nitrogens with one attached hydrogen (secondary N) is 3. The highest BCUT2D eigenvalue weighted by atomic mass is 32.2. The highest BCUT2D eigenvalue weighted by Crippen LogP contribution is 2.18. The number of esters is 1. The monoisotopic (exact) mass is 495 g/mol. The van der Waals surface area contributed by atoms with Gasteiger partial charge in [-0.05, 0) is 49.7 Å². The highest BCUT2D eigenvalue weighted by molar-refractivity contribution is 7.92. The van der Waals surface area contributed by atoms with Crippen LogP contribution in [-0.2, 0) is 26.1 Å². The smallest absolute Gasteiger partial charge is 0.338 e. The molecule has 0 aliphatic carbocycles. The molecular formula is C25H25N3O6S. The molecule has 0 saturated carbocycles. The summed E-state index contributed by atoms with van der Waals surface area (Å²) in [6.45, 7) is 3.40. The molecule has 0 aliphatic heterocycles. The van der Waals surface area contributed by atoms with Crippen molar-refractivity contribution < 1.29 is 27.5 Å². The van der Waals surface area contributed by atoms with E-state index in [1.807, 2.05) is 37.3 Å². The first kappa shape index (κ1) is 25.4. The number of anilines is 1. The van der Waals surface area contributed by atoms with Crippen LogP contribution >= 0.6 is 0 Å². The summed E-state index contributed by atoms with van der Waals surface area (Å²) in [7, 11) is -3.96. The lowest BCUT2D eigenvalue weighted by molar-refractivity contribution is -0.127. The van der Waals surface area contributed by atoms with Gasteiger partial charge in [0.15, 0.2) is 6.10 Å². The van der Waals surface area contributed by atoms with Crippen molar-refractivity contribution in [2.24, 2.45) is 0 Å². The predicted molar refractivity (Wildman–Crippen MR) is 130 cm³/mol. The van der Waals surface area contributed by atoms with Gasteiger partial charge in [-0.25, -0.2) is 18.0 Å². The molecule has 0 radical (unpaired) electrons. The Morgan fingerprint density at radius 1 is 0.914 bits per heavy atom. The maximum atomic E-state index is 12.7. The molecular weight excluding hydrogens is 470 g/mol. The number of hydrogen-bond acceptors (Lipinski definition) is 6. The molecule has 0 bridgehead atoms. The first-order valence-corrected chi connectivity index (χ1v) is 12.2. The molecule has 0 aromatic heterocycles. The summed E-state index contributed by atoms with van der Waals surface area (Å²) in [6.07, 6.45) is -1.30. The van der Waals surface area contributed by atoms with E-state index in [2.05, 4.69) is 15.4 Å². The van der Waals surface area contributed by atoms with Crippen molar-refractivity contribution in [2.45, 2.75) is 31.4 Å². The topological polar surface area (TPSA) is 131 Å². The number of hydrogen-bond donors (Lipinski definition) is 3. The maximum Gasteiger partial charge on any atom is 0.338 e. The number of carbonyl (C=O) groups is 3. The van der Waals surface area contributed by atoms with Gasteiger partial charge < -0.3 is 10.1 Å². The van der Waals surface area contributed by atoms with Crippen LogP contribution < -0.4 is 15.4 Å². The number of imide groups is 1. The second-order valence-corrected chi connectivity index (χ2v) is 9.39. The Balaban J connectivity index is 1.57. The number of amides is 3. The van der Waals surface area contributed by atoms with Crippen LogP contribution in [0.1, 0.15) is 28.4 Å². The van der Waals surface area contributed by atoms with E-state index in [0.717, 1.165) is 17.2 Å². The van der Waals surface area contributed by atoms with Crippen LogP contribution in [0.2, 0.25) is 0 Å². The Morgan fingerprint density at radius 2 is 1.60 bits per heavy atom. The molecule has 1 unspecified atom stereocenters. The average molecular weight is 496 g/mol. The minimum absolute atomic E-state index is 0.0649. The molecule has 3 aromatic rings. The summed E-state index contributed by atoms with van der Waals surface area (Å²) < 4.78 is 33.0. The second-order valence-electron chi connectivity index (χ2n) is 7.70. The molecule has 35 heavy (non-hydrogen) atoms. The number of benzene rings is 3. The third-order valence-electron chi connectivity index (χ3n) is 4.87. The zero-order valence-corrected chi connectivity index (χ0v) is 20.0. The van der Waals surface area contributed by atoms with Crippen LogP contribution in [-0.4, -0.2) is 32.4 Å². The molecule has 0 fully saturated rings. The van der Waals surface area contributed by atoms with Crippen LogP contribution in [0.5, 0.6) is 0 Å². The van der Waals surface area contributed by atoms with Crippen molar-refractivity contribution in [1.82, 2.24) is 10.6 Å². The van der Waals surface area contributed by atoms with Gasteiger partial charge in [0.2, 0.25) is 0 Å². The number of sulfonamides is 1. The Bertz CT molecular complexity index is 1310. The largest absolute Gasteiger partial charge is 0.449 e. The molecule has 0 spiro atoms. The van der Waals surface area contributed by atoms with Gasteiger partial charge in [-0.2, -0.15) is 0 Å². The van der Waals surface area contributed by atoms with Crippen molar-refractivity contribution in [2.75, 3.05) is 4.72 Å². The van der Waals surface area contributed by atoms with E-state index in [1.54, 1.807) is 24.3 Å². The lowest BCUT2D eigenvalue weighted by atomic mass is 10.2. The summed E-state index contributed by atoms with van der Waals surface area (Å²) in [4.78, 5) is 36.5. The van der Waals surface area contributed by atoms with Crippen LogP contribution in [0.25, 0.3) is 0 Å². The lowest BCUT2D eigenvalue weighted by Gasteiger charge is -2.14. The van der Waals surface area contributed by atoms with E-state index >= 15 is 0 Å². The second kappa shape index (κ2) is 11.3. The third-order valence-corrected chi connectivity index (χ3v) is 6.25. The van der Waals surface area contributed by atoms with Crippen molar-refractivity contribution in [3.63, 3.8) is 0 Å². The van der Waals surface area contributed by atoms with E-state index in [1.165, 1.54) is 25.1 Å². The molecule has 1 atom stereocenters.